The monoisotopic (exact) mass is 327 g/mol. The van der Waals surface area contributed by atoms with Crippen molar-refractivity contribution in [1.82, 2.24) is 0 Å². The van der Waals surface area contributed by atoms with Gasteiger partial charge in [-0.05, 0) is 36.6 Å². The Kier molecular flexibility index (Phi) is 4.57. The SMILES string of the molecule is Cc1cc(OC(=O)CC2OCCc3ccccc32)ccc1[N+](=O)[O-]. The Bertz CT molecular complexity index is 787. The van der Waals surface area contributed by atoms with Crippen molar-refractivity contribution in [2.45, 2.75) is 25.9 Å². The first-order valence-electron chi connectivity index (χ1n) is 7.69. The first-order chi connectivity index (χ1) is 11.5. The Hall–Kier alpha value is -2.73. The van der Waals surface area contributed by atoms with E-state index in [9.17, 15) is 14.9 Å². The third kappa shape index (κ3) is 3.44. The van der Waals surface area contributed by atoms with E-state index >= 15 is 0 Å². The number of benzene rings is 2. The van der Waals surface area contributed by atoms with Crippen LogP contribution in [-0.2, 0) is 16.0 Å². The molecule has 2 aromatic rings. The van der Waals surface area contributed by atoms with Gasteiger partial charge in [-0.2, -0.15) is 0 Å². The fourth-order valence-corrected chi connectivity index (χ4v) is 2.87. The lowest BCUT2D eigenvalue weighted by atomic mass is 9.96. The highest BCUT2D eigenvalue weighted by Crippen LogP contribution is 2.30. The second kappa shape index (κ2) is 6.80. The smallest absolute Gasteiger partial charge is 0.314 e. The van der Waals surface area contributed by atoms with Crippen molar-refractivity contribution in [3.05, 3.63) is 69.3 Å². The van der Waals surface area contributed by atoms with Gasteiger partial charge >= 0.3 is 5.97 Å². The predicted molar refractivity (Wildman–Crippen MR) is 86.9 cm³/mol. The highest BCUT2D eigenvalue weighted by atomic mass is 16.6. The molecular weight excluding hydrogens is 310 g/mol. The summed E-state index contributed by atoms with van der Waals surface area (Å²) >= 11 is 0. The van der Waals surface area contributed by atoms with Gasteiger partial charge in [0, 0.05) is 11.6 Å². The van der Waals surface area contributed by atoms with Crippen molar-refractivity contribution < 1.29 is 19.2 Å². The Labute approximate surface area is 139 Å². The normalized spacial score (nSPS) is 16.3. The van der Waals surface area contributed by atoms with E-state index in [1.165, 1.54) is 23.8 Å². The number of esters is 1. The Balaban J connectivity index is 1.69. The number of carbonyl (C=O) groups excluding carboxylic acids is 1. The van der Waals surface area contributed by atoms with E-state index in [1.54, 1.807) is 6.92 Å². The second-order valence-corrected chi connectivity index (χ2v) is 5.69. The average molecular weight is 327 g/mol. The Morgan fingerprint density at radius 1 is 1.33 bits per heavy atom. The van der Waals surface area contributed by atoms with Crippen LogP contribution in [0.15, 0.2) is 42.5 Å². The topological polar surface area (TPSA) is 78.7 Å². The molecule has 6 heteroatoms. The largest absolute Gasteiger partial charge is 0.426 e. The first kappa shape index (κ1) is 16.1. The van der Waals surface area contributed by atoms with E-state index in [0.717, 1.165) is 12.0 Å². The standard InChI is InChI=1S/C18H17NO5/c1-12-10-14(6-7-16(12)19(21)22)24-18(20)11-17-15-5-3-2-4-13(15)8-9-23-17/h2-7,10,17H,8-9,11H2,1H3. The summed E-state index contributed by atoms with van der Waals surface area (Å²) < 4.78 is 11.0. The Morgan fingerprint density at radius 3 is 2.88 bits per heavy atom. The number of aryl methyl sites for hydroxylation is 1. The van der Waals surface area contributed by atoms with Gasteiger partial charge in [0.25, 0.3) is 5.69 Å². The maximum Gasteiger partial charge on any atom is 0.314 e. The molecule has 0 saturated heterocycles. The van der Waals surface area contributed by atoms with Crippen LogP contribution < -0.4 is 4.74 Å². The van der Waals surface area contributed by atoms with Gasteiger partial charge < -0.3 is 9.47 Å². The molecule has 0 bridgehead atoms. The van der Waals surface area contributed by atoms with E-state index < -0.39 is 10.9 Å². The molecule has 0 spiro atoms. The van der Waals surface area contributed by atoms with Gasteiger partial charge in [-0.3, -0.25) is 14.9 Å². The van der Waals surface area contributed by atoms with Crippen LogP contribution in [0.25, 0.3) is 0 Å². The lowest BCUT2D eigenvalue weighted by Crippen LogP contribution is -2.21. The summed E-state index contributed by atoms with van der Waals surface area (Å²) in [6.45, 7) is 2.18. The average Bonchev–Trinajstić information content (AvgIpc) is 2.55. The highest BCUT2D eigenvalue weighted by molar-refractivity contribution is 5.73. The summed E-state index contributed by atoms with van der Waals surface area (Å²) in [6, 6.07) is 12.2. The van der Waals surface area contributed by atoms with Crippen molar-refractivity contribution in [2.75, 3.05) is 6.61 Å². The second-order valence-electron chi connectivity index (χ2n) is 5.69. The molecule has 24 heavy (non-hydrogen) atoms. The molecule has 1 atom stereocenters. The minimum absolute atomic E-state index is 0.000611. The molecule has 1 aliphatic heterocycles. The van der Waals surface area contributed by atoms with E-state index in [2.05, 4.69) is 0 Å². The van der Waals surface area contributed by atoms with Gasteiger partial charge in [-0.1, -0.05) is 24.3 Å². The van der Waals surface area contributed by atoms with Crippen LogP contribution in [-0.4, -0.2) is 17.5 Å². The van der Waals surface area contributed by atoms with Crippen LogP contribution in [0.2, 0.25) is 0 Å². The van der Waals surface area contributed by atoms with Gasteiger partial charge in [-0.15, -0.1) is 0 Å². The lowest BCUT2D eigenvalue weighted by molar-refractivity contribution is -0.385. The summed E-state index contributed by atoms with van der Waals surface area (Å²) in [5.74, 6) is -0.128. The van der Waals surface area contributed by atoms with Crippen LogP contribution in [0, 0.1) is 17.0 Å². The summed E-state index contributed by atoms with van der Waals surface area (Å²) in [7, 11) is 0. The minimum atomic E-state index is -0.465. The van der Waals surface area contributed by atoms with Gasteiger partial charge in [0.05, 0.1) is 24.1 Å². The summed E-state index contributed by atoms with van der Waals surface area (Å²) in [5.41, 5.74) is 2.65. The van der Waals surface area contributed by atoms with Crippen LogP contribution >= 0.6 is 0 Å². The van der Waals surface area contributed by atoms with Crippen molar-refractivity contribution in [3.63, 3.8) is 0 Å². The van der Waals surface area contributed by atoms with Crippen molar-refractivity contribution in [3.8, 4) is 5.75 Å². The molecule has 0 aromatic heterocycles. The van der Waals surface area contributed by atoms with Crippen LogP contribution in [0.5, 0.6) is 5.75 Å². The number of carbonyl (C=O) groups is 1. The van der Waals surface area contributed by atoms with Crippen molar-refractivity contribution >= 4 is 11.7 Å². The molecule has 0 N–H and O–H groups in total. The molecule has 0 radical (unpaired) electrons. The number of nitro benzene ring substituents is 1. The summed E-state index contributed by atoms with van der Waals surface area (Å²) in [5, 5.41) is 10.8. The molecular formula is C18H17NO5. The predicted octanol–water partition coefficient (Wildman–Crippen LogP) is 3.51. The molecule has 1 aliphatic rings. The zero-order chi connectivity index (χ0) is 17.1. The van der Waals surface area contributed by atoms with E-state index in [0.29, 0.717) is 17.9 Å². The van der Waals surface area contributed by atoms with Crippen molar-refractivity contribution in [1.29, 1.82) is 0 Å². The van der Waals surface area contributed by atoms with E-state index in [1.807, 2.05) is 24.3 Å². The minimum Gasteiger partial charge on any atom is -0.426 e. The quantitative estimate of drug-likeness (QED) is 0.371. The Morgan fingerprint density at radius 2 is 2.12 bits per heavy atom. The number of rotatable bonds is 4. The highest BCUT2D eigenvalue weighted by Gasteiger charge is 2.24. The van der Waals surface area contributed by atoms with Gasteiger partial charge in [0.2, 0.25) is 0 Å². The number of ether oxygens (including phenoxy) is 2. The molecule has 0 fully saturated rings. The molecule has 3 rings (SSSR count). The number of fused-ring (bicyclic) bond motifs is 1. The van der Waals surface area contributed by atoms with E-state index in [-0.39, 0.29) is 18.2 Å². The van der Waals surface area contributed by atoms with Gasteiger partial charge in [0.1, 0.15) is 5.75 Å². The van der Waals surface area contributed by atoms with Crippen LogP contribution in [0.3, 0.4) is 0 Å². The number of nitro groups is 1. The maximum atomic E-state index is 12.2. The first-order valence-corrected chi connectivity index (χ1v) is 7.69. The van der Waals surface area contributed by atoms with Crippen LogP contribution in [0.4, 0.5) is 5.69 Å². The zero-order valence-corrected chi connectivity index (χ0v) is 13.2. The summed E-state index contributed by atoms with van der Waals surface area (Å²) in [4.78, 5) is 22.5. The summed E-state index contributed by atoms with van der Waals surface area (Å²) in [6.07, 6.45) is 0.623. The van der Waals surface area contributed by atoms with Gasteiger partial charge in [0.15, 0.2) is 0 Å². The molecule has 124 valence electrons. The third-order valence-electron chi connectivity index (χ3n) is 4.04. The lowest BCUT2D eigenvalue weighted by Gasteiger charge is -2.25. The molecule has 0 saturated carbocycles. The fraction of sp³-hybridized carbons (Fsp3) is 0.278. The number of hydrogen-bond donors (Lipinski definition) is 0. The molecule has 1 unspecified atom stereocenters. The fourth-order valence-electron chi connectivity index (χ4n) is 2.87. The van der Waals surface area contributed by atoms with Gasteiger partial charge in [-0.25, -0.2) is 0 Å². The van der Waals surface area contributed by atoms with Crippen molar-refractivity contribution in [2.24, 2.45) is 0 Å². The maximum absolute atomic E-state index is 12.2. The van der Waals surface area contributed by atoms with E-state index in [4.69, 9.17) is 9.47 Å². The molecule has 2 aromatic carbocycles. The molecule has 0 amide bonds. The molecule has 0 aliphatic carbocycles. The van der Waals surface area contributed by atoms with Crippen LogP contribution in [0.1, 0.15) is 29.2 Å². The number of nitrogens with zero attached hydrogens (tertiary/aromatic N) is 1. The zero-order valence-electron chi connectivity index (χ0n) is 13.2. The molecule has 1 heterocycles. The number of hydrogen-bond acceptors (Lipinski definition) is 5. The third-order valence-corrected chi connectivity index (χ3v) is 4.04. The molecule has 6 nitrogen and oxygen atoms in total.